The first-order valence-corrected chi connectivity index (χ1v) is 11.0. The Labute approximate surface area is 190 Å². The average Bonchev–Trinajstić information content (AvgIpc) is 3.35. The summed E-state index contributed by atoms with van der Waals surface area (Å²) in [5.41, 5.74) is 1.55. The fraction of sp³-hybridized carbons (Fsp3) is 0.292. The number of hydrogen-bond donors (Lipinski definition) is 1. The molecule has 0 aliphatic carbocycles. The Balaban J connectivity index is 1.13. The zero-order chi connectivity index (χ0) is 22.6. The number of aromatic nitrogens is 4. The van der Waals surface area contributed by atoms with Gasteiger partial charge in [-0.3, -0.25) is 14.5 Å². The Kier molecular flexibility index (Phi) is 5.95. The average molecular weight is 444 g/mol. The predicted molar refractivity (Wildman–Crippen MR) is 122 cm³/mol. The van der Waals surface area contributed by atoms with E-state index < -0.39 is 0 Å². The highest BCUT2D eigenvalue weighted by Crippen LogP contribution is 2.17. The number of fused-ring (bicyclic) bond motifs is 1. The Morgan fingerprint density at radius 3 is 2.48 bits per heavy atom. The van der Waals surface area contributed by atoms with Crippen molar-refractivity contribution in [3.63, 3.8) is 0 Å². The number of aromatic amines is 1. The lowest BCUT2D eigenvalue weighted by molar-refractivity contribution is -0.133. The maximum absolute atomic E-state index is 12.7. The van der Waals surface area contributed by atoms with E-state index in [4.69, 9.17) is 4.52 Å². The van der Waals surface area contributed by atoms with Crippen LogP contribution >= 0.6 is 0 Å². The van der Waals surface area contributed by atoms with Gasteiger partial charge in [-0.25, -0.2) is 5.10 Å². The highest BCUT2D eigenvalue weighted by atomic mass is 16.5. The fourth-order valence-electron chi connectivity index (χ4n) is 4.09. The molecule has 0 unspecified atom stereocenters. The number of benzene rings is 2. The van der Waals surface area contributed by atoms with Crippen LogP contribution in [-0.2, 0) is 17.8 Å². The van der Waals surface area contributed by atoms with Gasteiger partial charge >= 0.3 is 0 Å². The minimum absolute atomic E-state index is 0.0849. The Bertz CT molecular complexity index is 1310. The minimum Gasteiger partial charge on any atom is -0.340 e. The number of nitrogens with zero attached hydrogens (tertiary/aromatic N) is 5. The van der Waals surface area contributed by atoms with Crippen LogP contribution in [0.25, 0.3) is 22.2 Å². The van der Waals surface area contributed by atoms with Crippen molar-refractivity contribution in [1.29, 1.82) is 0 Å². The third-order valence-electron chi connectivity index (χ3n) is 5.93. The molecular formula is C24H24N6O3. The molecule has 1 fully saturated rings. The molecule has 9 heteroatoms. The van der Waals surface area contributed by atoms with Crippen molar-refractivity contribution in [2.45, 2.75) is 19.4 Å². The van der Waals surface area contributed by atoms with Crippen molar-refractivity contribution < 1.29 is 9.32 Å². The van der Waals surface area contributed by atoms with Gasteiger partial charge in [-0.1, -0.05) is 53.7 Å². The van der Waals surface area contributed by atoms with Crippen molar-refractivity contribution in [3.05, 3.63) is 76.5 Å². The second kappa shape index (κ2) is 9.33. The van der Waals surface area contributed by atoms with Crippen molar-refractivity contribution in [2.75, 3.05) is 26.2 Å². The maximum atomic E-state index is 12.7. The van der Waals surface area contributed by atoms with Crippen LogP contribution < -0.4 is 5.56 Å². The third kappa shape index (κ3) is 4.68. The number of nitrogens with one attached hydrogen (secondary N) is 1. The van der Waals surface area contributed by atoms with Gasteiger partial charge in [0.1, 0.15) is 0 Å². The van der Waals surface area contributed by atoms with Crippen LogP contribution in [0.1, 0.15) is 18.0 Å². The second-order valence-electron chi connectivity index (χ2n) is 8.08. The van der Waals surface area contributed by atoms with Gasteiger partial charge in [0.05, 0.1) is 11.1 Å². The molecule has 1 N–H and O–H groups in total. The van der Waals surface area contributed by atoms with E-state index >= 15 is 0 Å². The van der Waals surface area contributed by atoms with Crippen molar-refractivity contribution in [2.24, 2.45) is 0 Å². The van der Waals surface area contributed by atoms with E-state index in [0.717, 1.165) is 29.7 Å². The van der Waals surface area contributed by atoms with E-state index in [-0.39, 0.29) is 11.5 Å². The molecule has 0 spiro atoms. The van der Waals surface area contributed by atoms with Crippen LogP contribution in [0.2, 0.25) is 0 Å². The molecule has 33 heavy (non-hydrogen) atoms. The molecule has 1 aliphatic rings. The predicted octanol–water partition coefficient (Wildman–Crippen LogP) is 2.25. The van der Waals surface area contributed by atoms with Crippen molar-refractivity contribution in [1.82, 2.24) is 30.1 Å². The van der Waals surface area contributed by atoms with Gasteiger partial charge in [0.2, 0.25) is 17.6 Å². The normalized spacial score (nSPS) is 14.6. The molecule has 1 saturated heterocycles. The van der Waals surface area contributed by atoms with Crippen molar-refractivity contribution >= 4 is 16.7 Å². The van der Waals surface area contributed by atoms with E-state index in [9.17, 15) is 9.59 Å². The summed E-state index contributed by atoms with van der Waals surface area (Å²) >= 11 is 0. The second-order valence-corrected chi connectivity index (χ2v) is 8.08. The molecule has 0 radical (unpaired) electrons. The Hall–Kier alpha value is -3.85. The molecule has 4 aromatic rings. The molecule has 5 rings (SSSR count). The molecule has 0 atom stereocenters. The summed E-state index contributed by atoms with van der Waals surface area (Å²) in [6, 6.07) is 17.1. The molecule has 0 saturated carbocycles. The Morgan fingerprint density at radius 1 is 0.970 bits per heavy atom. The van der Waals surface area contributed by atoms with Gasteiger partial charge in [0.25, 0.3) is 5.56 Å². The highest BCUT2D eigenvalue weighted by Gasteiger charge is 2.22. The SMILES string of the molecule is O=C(CCc1nc(-c2ccccc2)no1)N1CCN(Cc2n[nH]c(=O)c3ccccc23)CC1. The first-order chi connectivity index (χ1) is 16.2. The minimum atomic E-state index is -0.179. The zero-order valence-electron chi connectivity index (χ0n) is 18.1. The van der Waals surface area contributed by atoms with Crippen molar-refractivity contribution in [3.8, 4) is 11.4 Å². The van der Waals surface area contributed by atoms with Crippen LogP contribution in [0, 0.1) is 0 Å². The highest BCUT2D eigenvalue weighted by molar-refractivity contribution is 5.83. The molecule has 2 aromatic carbocycles. The fourth-order valence-corrected chi connectivity index (χ4v) is 4.09. The van der Waals surface area contributed by atoms with Crippen LogP contribution in [-0.4, -0.2) is 62.2 Å². The molecule has 1 aliphatic heterocycles. The molecular weight excluding hydrogens is 420 g/mol. The number of piperazine rings is 1. The number of aryl methyl sites for hydroxylation is 1. The number of H-pyrrole nitrogens is 1. The van der Waals surface area contributed by atoms with Crippen LogP contribution in [0.15, 0.2) is 63.9 Å². The standard InChI is InChI=1S/C24H24N6O3/c31-22(11-10-21-25-23(28-33-21)17-6-2-1-3-7-17)30-14-12-29(13-15-30)16-20-18-8-4-5-9-19(18)24(32)27-26-20/h1-9H,10-16H2,(H,27,32). The largest absolute Gasteiger partial charge is 0.340 e. The monoisotopic (exact) mass is 444 g/mol. The topological polar surface area (TPSA) is 108 Å². The van der Waals surface area contributed by atoms with E-state index in [0.29, 0.717) is 49.6 Å². The lowest BCUT2D eigenvalue weighted by atomic mass is 10.1. The lowest BCUT2D eigenvalue weighted by Crippen LogP contribution is -2.48. The van der Waals surface area contributed by atoms with Gasteiger partial charge in [-0.15, -0.1) is 0 Å². The van der Waals surface area contributed by atoms with Gasteiger partial charge in [0.15, 0.2) is 0 Å². The van der Waals surface area contributed by atoms with E-state index in [2.05, 4.69) is 25.2 Å². The quantitative estimate of drug-likeness (QED) is 0.486. The van der Waals surface area contributed by atoms with Gasteiger partial charge < -0.3 is 9.42 Å². The van der Waals surface area contributed by atoms with E-state index in [1.165, 1.54) is 0 Å². The summed E-state index contributed by atoms with van der Waals surface area (Å²) in [6.07, 6.45) is 0.759. The van der Waals surface area contributed by atoms with Gasteiger partial charge in [0, 0.05) is 56.5 Å². The summed E-state index contributed by atoms with van der Waals surface area (Å²) in [4.78, 5) is 33.2. The summed E-state index contributed by atoms with van der Waals surface area (Å²) in [6.45, 7) is 3.43. The molecule has 0 bridgehead atoms. The maximum Gasteiger partial charge on any atom is 0.272 e. The van der Waals surface area contributed by atoms with Crippen LogP contribution in [0.5, 0.6) is 0 Å². The number of carbonyl (C=O) groups excluding carboxylic acids is 1. The number of hydrogen-bond acceptors (Lipinski definition) is 7. The lowest BCUT2D eigenvalue weighted by Gasteiger charge is -2.34. The van der Waals surface area contributed by atoms with Gasteiger partial charge in [-0.05, 0) is 6.07 Å². The molecule has 168 valence electrons. The first kappa shape index (κ1) is 21.0. The van der Waals surface area contributed by atoms with E-state index in [1.54, 1.807) is 0 Å². The smallest absolute Gasteiger partial charge is 0.272 e. The summed E-state index contributed by atoms with van der Waals surface area (Å²) < 4.78 is 5.31. The van der Waals surface area contributed by atoms with E-state index in [1.807, 2.05) is 59.5 Å². The first-order valence-electron chi connectivity index (χ1n) is 11.0. The molecule has 9 nitrogen and oxygen atoms in total. The summed E-state index contributed by atoms with van der Waals surface area (Å²) in [5.74, 6) is 1.09. The zero-order valence-corrected chi connectivity index (χ0v) is 18.1. The molecule has 1 amide bonds. The Morgan fingerprint density at radius 2 is 1.70 bits per heavy atom. The van der Waals surface area contributed by atoms with Crippen LogP contribution in [0.3, 0.4) is 0 Å². The number of amides is 1. The summed E-state index contributed by atoms with van der Waals surface area (Å²) in [5, 5.41) is 12.4. The molecule has 2 aromatic heterocycles. The van der Waals surface area contributed by atoms with Gasteiger partial charge in [-0.2, -0.15) is 10.1 Å². The number of rotatable bonds is 6. The number of carbonyl (C=O) groups is 1. The summed E-state index contributed by atoms with van der Waals surface area (Å²) in [7, 11) is 0. The van der Waals surface area contributed by atoms with Crippen LogP contribution in [0.4, 0.5) is 0 Å². The third-order valence-corrected chi connectivity index (χ3v) is 5.93. The molecule has 3 heterocycles.